The number of fused-ring (bicyclic) bond motifs is 5. The minimum atomic E-state index is -0.471. The van der Waals surface area contributed by atoms with Crippen molar-refractivity contribution in [2.45, 2.75) is 97.1 Å². The van der Waals surface area contributed by atoms with Crippen LogP contribution in [0.3, 0.4) is 0 Å². The van der Waals surface area contributed by atoms with Crippen molar-refractivity contribution in [3.63, 3.8) is 0 Å². The van der Waals surface area contributed by atoms with E-state index >= 15 is 0 Å². The van der Waals surface area contributed by atoms with E-state index in [4.69, 9.17) is 0 Å². The molecule has 8 atom stereocenters. The number of aryl methyl sites for hydroxylation is 1. The van der Waals surface area contributed by atoms with Gasteiger partial charge in [-0.05, 0) is 106 Å². The van der Waals surface area contributed by atoms with Crippen LogP contribution in [0.15, 0.2) is 6.33 Å². The number of Topliss-reactive ketones (excluding diaryl/α,β-unsaturated/α-hetero) is 1. The van der Waals surface area contributed by atoms with E-state index in [-0.39, 0.29) is 11.3 Å². The van der Waals surface area contributed by atoms with Crippen molar-refractivity contribution in [3.8, 4) is 0 Å². The molecule has 5 rings (SSSR count). The van der Waals surface area contributed by atoms with E-state index in [1.807, 2.05) is 7.05 Å². The zero-order valence-electron chi connectivity index (χ0n) is 19.9. The molecule has 6 heteroatoms. The van der Waals surface area contributed by atoms with Crippen LogP contribution in [0.25, 0.3) is 0 Å². The van der Waals surface area contributed by atoms with Crippen LogP contribution in [0.1, 0.15) is 85.0 Å². The Morgan fingerprint density at radius 2 is 1.94 bits per heavy atom. The highest BCUT2D eigenvalue weighted by molar-refractivity contribution is 5.81. The van der Waals surface area contributed by atoms with Gasteiger partial charge in [-0.1, -0.05) is 18.6 Å². The van der Waals surface area contributed by atoms with E-state index in [1.54, 1.807) is 15.8 Å². The zero-order valence-corrected chi connectivity index (χ0v) is 19.9. The number of rotatable bonds is 4. The maximum absolute atomic E-state index is 13.4. The highest BCUT2D eigenvalue weighted by atomic mass is 16.3. The molecule has 0 aliphatic heterocycles. The van der Waals surface area contributed by atoms with Gasteiger partial charge in [0.1, 0.15) is 11.6 Å². The third kappa shape index (κ3) is 3.22. The summed E-state index contributed by atoms with van der Waals surface area (Å²) in [7, 11) is 1.89. The van der Waals surface area contributed by atoms with E-state index in [0.29, 0.717) is 29.6 Å². The molecule has 0 aromatic carbocycles. The first-order valence-corrected chi connectivity index (χ1v) is 12.7. The zero-order chi connectivity index (χ0) is 22.0. The predicted octanol–water partition coefficient (Wildman–Crippen LogP) is 3.47. The predicted molar refractivity (Wildman–Crippen MR) is 117 cm³/mol. The monoisotopic (exact) mass is 429 g/mol. The molecule has 4 aliphatic carbocycles. The number of hydrogen-bond donors (Lipinski definition) is 1. The van der Waals surface area contributed by atoms with Crippen LogP contribution in [-0.4, -0.2) is 31.6 Å². The fourth-order valence-corrected chi connectivity index (χ4v) is 9.15. The fourth-order valence-electron chi connectivity index (χ4n) is 9.15. The third-order valence-electron chi connectivity index (χ3n) is 10.7. The summed E-state index contributed by atoms with van der Waals surface area (Å²) in [6.45, 7) is 7.23. The molecule has 0 unspecified atom stereocenters. The number of ketones is 1. The molecule has 0 saturated heterocycles. The van der Waals surface area contributed by atoms with E-state index in [9.17, 15) is 9.90 Å². The van der Waals surface area contributed by atoms with Crippen molar-refractivity contribution in [2.75, 3.05) is 0 Å². The molecule has 1 aromatic rings. The molecule has 4 aliphatic rings. The van der Waals surface area contributed by atoms with Gasteiger partial charge in [0.05, 0.1) is 12.6 Å². The number of carbonyl (C=O) groups is 1. The standard InChI is InChI=1S/C25H41N4O2/c1-5-25-13-12-23(2,31)14-17(25)6-7-18-19-8-9-21(24(19,3)11-10-20(18)25)22(30)15-29-27-26-16-28(29)4/h16-21,31H,5-15H2,1-4H3/q+1/t17-,18+,19+,20+,21-,23-,24+,25+/m1/s1. The summed E-state index contributed by atoms with van der Waals surface area (Å²) in [4.78, 5) is 15.1. The van der Waals surface area contributed by atoms with Crippen LogP contribution in [0.2, 0.25) is 0 Å². The van der Waals surface area contributed by atoms with Gasteiger partial charge in [0, 0.05) is 5.92 Å². The van der Waals surface area contributed by atoms with Gasteiger partial charge in [0.15, 0.2) is 11.0 Å². The van der Waals surface area contributed by atoms with Crippen LogP contribution in [-0.2, 0) is 18.4 Å². The average molecular weight is 430 g/mol. The van der Waals surface area contributed by atoms with Gasteiger partial charge < -0.3 is 5.11 Å². The lowest BCUT2D eigenvalue weighted by Crippen LogP contribution is -2.56. The van der Waals surface area contributed by atoms with Gasteiger partial charge in [-0.2, -0.15) is 4.68 Å². The van der Waals surface area contributed by atoms with Gasteiger partial charge in [-0.25, -0.2) is 0 Å². The minimum Gasteiger partial charge on any atom is -0.390 e. The van der Waals surface area contributed by atoms with Crippen LogP contribution in [0.4, 0.5) is 0 Å². The van der Waals surface area contributed by atoms with Gasteiger partial charge >= 0.3 is 0 Å². The largest absolute Gasteiger partial charge is 0.390 e. The van der Waals surface area contributed by atoms with Crippen LogP contribution >= 0.6 is 0 Å². The first-order chi connectivity index (χ1) is 14.7. The molecule has 4 fully saturated rings. The Kier molecular flexibility index (Phi) is 5.11. The molecule has 31 heavy (non-hydrogen) atoms. The number of aromatic nitrogens is 4. The summed E-state index contributed by atoms with van der Waals surface area (Å²) in [6.07, 6.45) is 13.3. The summed E-state index contributed by atoms with van der Waals surface area (Å²) < 4.78 is 1.80. The quantitative estimate of drug-likeness (QED) is 0.744. The first-order valence-electron chi connectivity index (χ1n) is 12.7. The van der Waals surface area contributed by atoms with Crippen LogP contribution < -0.4 is 4.68 Å². The van der Waals surface area contributed by atoms with Crippen molar-refractivity contribution in [1.29, 1.82) is 0 Å². The van der Waals surface area contributed by atoms with Gasteiger partial charge in [0.25, 0.3) is 6.33 Å². The van der Waals surface area contributed by atoms with Gasteiger partial charge in [0.2, 0.25) is 0 Å². The van der Waals surface area contributed by atoms with E-state index < -0.39 is 5.60 Å². The highest BCUT2D eigenvalue weighted by Gasteiger charge is 2.62. The maximum atomic E-state index is 13.4. The molecule has 4 saturated carbocycles. The molecule has 1 aromatic heterocycles. The van der Waals surface area contributed by atoms with Crippen molar-refractivity contribution in [1.82, 2.24) is 15.1 Å². The lowest BCUT2D eigenvalue weighted by atomic mass is 9.42. The smallest absolute Gasteiger partial charge is 0.288 e. The van der Waals surface area contributed by atoms with Crippen molar-refractivity contribution >= 4 is 5.78 Å². The Balaban J connectivity index is 1.37. The molecule has 0 amide bonds. The second-order valence-electron chi connectivity index (χ2n) is 12.0. The van der Waals surface area contributed by atoms with E-state index in [1.165, 1.54) is 44.9 Å². The number of tetrazole rings is 1. The molecule has 172 valence electrons. The molecule has 6 nitrogen and oxygen atoms in total. The van der Waals surface area contributed by atoms with E-state index in [0.717, 1.165) is 31.1 Å². The van der Waals surface area contributed by atoms with Crippen molar-refractivity contribution in [2.24, 2.45) is 47.5 Å². The summed E-state index contributed by atoms with van der Waals surface area (Å²) in [5.74, 6) is 3.40. The average Bonchev–Trinajstić information content (AvgIpc) is 3.29. The molecule has 1 N–H and O–H groups in total. The molecule has 1 heterocycles. The Morgan fingerprint density at radius 3 is 2.65 bits per heavy atom. The van der Waals surface area contributed by atoms with Crippen LogP contribution in [0, 0.1) is 40.4 Å². The molecule has 0 radical (unpaired) electrons. The minimum absolute atomic E-state index is 0.138. The summed E-state index contributed by atoms with van der Waals surface area (Å²) in [6, 6.07) is 0. The van der Waals surface area contributed by atoms with Gasteiger partial charge in [-0.15, -0.1) is 0 Å². The SMILES string of the molecule is CC[C@]12CC[C@@](C)(O)C[C@H]1CC[C@H]1[C@@H]3CC[C@H](C(=O)Cn4nnc[n+]4C)[C@@]3(C)CC[C@@H]12. The fraction of sp³-hybridized carbons (Fsp3) is 0.920. The Morgan fingerprint density at radius 1 is 1.13 bits per heavy atom. The first kappa shape index (κ1) is 21.5. The molecular weight excluding hydrogens is 388 g/mol. The number of hydrogen-bond acceptors (Lipinski definition) is 4. The maximum Gasteiger partial charge on any atom is 0.288 e. The van der Waals surface area contributed by atoms with Crippen LogP contribution in [0.5, 0.6) is 0 Å². The lowest BCUT2D eigenvalue weighted by molar-refractivity contribution is -0.757. The van der Waals surface area contributed by atoms with Gasteiger partial charge in [-0.3, -0.25) is 4.79 Å². The topological polar surface area (TPSA) is 71.9 Å². The number of nitrogens with zero attached hydrogens (tertiary/aromatic N) is 4. The molecule has 0 spiro atoms. The Labute approximate surface area is 186 Å². The second-order valence-corrected chi connectivity index (χ2v) is 12.0. The highest BCUT2D eigenvalue weighted by Crippen LogP contribution is 2.68. The van der Waals surface area contributed by atoms with Crippen molar-refractivity contribution in [3.05, 3.63) is 6.33 Å². The molecule has 0 bridgehead atoms. The summed E-state index contributed by atoms with van der Waals surface area (Å²) in [5, 5.41) is 18.8. The lowest BCUT2D eigenvalue weighted by Gasteiger charge is -2.63. The molecular formula is C25H41N4O2+. The Hall–Kier alpha value is -1.30. The normalized spacial score (nSPS) is 46.8. The number of aliphatic hydroxyl groups is 1. The number of carbonyl (C=O) groups excluding carboxylic acids is 1. The second kappa shape index (κ2) is 7.36. The van der Waals surface area contributed by atoms with Crippen molar-refractivity contribution < 1.29 is 14.6 Å². The summed E-state index contributed by atoms with van der Waals surface area (Å²) in [5.41, 5.74) is 0.0874. The Bertz CT molecular complexity index is 850. The summed E-state index contributed by atoms with van der Waals surface area (Å²) >= 11 is 0. The third-order valence-corrected chi connectivity index (χ3v) is 10.7. The van der Waals surface area contributed by atoms with E-state index in [2.05, 4.69) is 31.1 Å².